The Bertz CT molecular complexity index is 2630. The van der Waals surface area contributed by atoms with Crippen LogP contribution in [-0.4, -0.2) is 8.07 Å². The van der Waals surface area contributed by atoms with E-state index in [0.29, 0.717) is 5.92 Å². The van der Waals surface area contributed by atoms with E-state index in [1.165, 1.54) is 33.0 Å². The Morgan fingerprint density at radius 3 is 1.89 bits per heavy atom. The van der Waals surface area contributed by atoms with Crippen molar-refractivity contribution < 1.29 is 33.7 Å². The minimum atomic E-state index is -1.29. The zero-order valence-corrected chi connectivity index (χ0v) is 36.7. The van der Waals surface area contributed by atoms with E-state index in [1.54, 1.807) is 0 Å². The predicted octanol–water partition coefficient (Wildman–Crippen LogP) is 12.1. The van der Waals surface area contributed by atoms with Crippen LogP contribution in [0.4, 0.5) is 0 Å². The third kappa shape index (κ3) is 7.94. The summed E-state index contributed by atoms with van der Waals surface area (Å²) in [5.74, 6) is 0.415. The molecule has 3 heterocycles. The van der Waals surface area contributed by atoms with Crippen LogP contribution in [0.3, 0.4) is 0 Å². The van der Waals surface area contributed by atoms with Crippen molar-refractivity contribution in [1.82, 2.24) is 0 Å². The Labute approximate surface area is 348 Å². The topological polar surface area (TPSA) is 20.9 Å². The fraction of sp³-hybridized carbons (Fsp3) is 0.137. The molecule has 0 saturated heterocycles. The third-order valence-corrected chi connectivity index (χ3v) is 12.6. The Morgan fingerprint density at radius 2 is 1.23 bits per heavy atom. The summed E-state index contributed by atoms with van der Waals surface area (Å²) in [7, 11) is 7.12. The Balaban J connectivity index is 0.000000226. The van der Waals surface area contributed by atoms with Crippen LogP contribution in [0.1, 0.15) is 42.0 Å². The van der Waals surface area contributed by atoms with Crippen LogP contribution in [0.5, 0.6) is 0 Å². The molecule has 285 valence electrons. The van der Waals surface area contributed by atoms with Crippen molar-refractivity contribution in [3.05, 3.63) is 190 Å². The molecule has 0 spiro atoms. The van der Waals surface area contributed by atoms with E-state index in [9.17, 15) is 0 Å². The van der Waals surface area contributed by atoms with Crippen LogP contribution in [0.2, 0.25) is 19.6 Å². The zero-order chi connectivity index (χ0) is 39.0. The normalized spacial score (nSPS) is 11.3. The van der Waals surface area contributed by atoms with Crippen LogP contribution in [0, 0.1) is 34.9 Å². The molecule has 1 radical (unpaired) electrons. The van der Waals surface area contributed by atoms with Crippen LogP contribution in [-0.2, 0) is 20.1 Å². The summed E-state index contributed by atoms with van der Waals surface area (Å²) in [5.41, 5.74) is 15.2. The molecule has 3 aromatic heterocycles. The van der Waals surface area contributed by atoms with Crippen molar-refractivity contribution in [2.45, 2.75) is 46.3 Å². The molecule has 0 aliphatic rings. The van der Waals surface area contributed by atoms with Gasteiger partial charge in [-0.2, -0.15) is 37.1 Å². The average molecular weight is 927 g/mol. The quantitative estimate of drug-likeness (QED) is 0.0925. The van der Waals surface area contributed by atoms with Crippen molar-refractivity contribution in [3.63, 3.8) is 0 Å². The first-order valence-electron chi connectivity index (χ1n) is 18.9. The first-order chi connectivity index (χ1) is 26.3. The minimum Gasteiger partial charge on any atom is -0.469 e. The van der Waals surface area contributed by atoms with Gasteiger partial charge in [-0.25, -0.2) is 0 Å². The Kier molecular flexibility index (Phi) is 11.7. The molecule has 0 atom stereocenters. The predicted molar refractivity (Wildman–Crippen MR) is 235 cm³/mol. The van der Waals surface area contributed by atoms with Gasteiger partial charge in [-0.15, -0.1) is 23.3 Å². The molecule has 0 unspecified atom stereocenters. The van der Waals surface area contributed by atoms with Gasteiger partial charge in [0.15, 0.2) is 0 Å². The summed E-state index contributed by atoms with van der Waals surface area (Å²) in [6, 6.07) is 44.7. The summed E-state index contributed by atoms with van der Waals surface area (Å²) in [6.45, 7) is 22.1. The van der Waals surface area contributed by atoms with Crippen LogP contribution in [0.15, 0.2) is 144 Å². The fourth-order valence-corrected chi connectivity index (χ4v) is 8.44. The van der Waals surface area contributed by atoms with Gasteiger partial charge in [0, 0.05) is 50.5 Å². The number of furan rings is 1. The average Bonchev–Trinajstić information content (AvgIpc) is 3.55. The number of hydrogen-bond acceptors (Lipinski definition) is 1. The molecular formula is C51H50IrN2OSi-2. The second-order valence-corrected chi connectivity index (χ2v) is 20.9. The number of rotatable bonds is 6. The molecule has 0 aliphatic heterocycles. The molecular weight excluding hydrogens is 877 g/mol. The maximum absolute atomic E-state index is 6.69. The SMILES string of the molecule is [CH2-]c1ccc2c(oc3c(-c4ccc(-c5ccccc5)cc4)cccc32)c1-c1cc(C(C)C)cc[n+]1[CH2-].[CH2-]c1cccc(C)c1-c1ccc([Si](C)(C)C)c[n+]1[CH2-].[Ir]. The van der Waals surface area contributed by atoms with Crippen molar-refractivity contribution in [2.75, 3.05) is 0 Å². The van der Waals surface area contributed by atoms with E-state index in [-0.39, 0.29) is 20.1 Å². The maximum Gasteiger partial charge on any atom is 0.141 e. The van der Waals surface area contributed by atoms with Gasteiger partial charge in [-0.3, -0.25) is 0 Å². The number of aromatic nitrogens is 2. The molecule has 0 N–H and O–H groups in total. The Hall–Kier alpha value is -5.45. The number of fused-ring (bicyclic) bond motifs is 3. The number of para-hydroxylation sites is 1. The number of aryl methyl sites for hydroxylation is 1. The van der Waals surface area contributed by atoms with E-state index in [1.807, 2.05) is 27.5 Å². The van der Waals surface area contributed by atoms with Crippen molar-refractivity contribution in [1.29, 1.82) is 0 Å². The number of hydrogen-bond donors (Lipinski definition) is 0. The molecule has 3 nitrogen and oxygen atoms in total. The van der Waals surface area contributed by atoms with Gasteiger partial charge in [-0.1, -0.05) is 160 Å². The molecule has 8 aromatic rings. The molecule has 0 saturated carbocycles. The number of nitrogens with zero attached hydrogens (tertiary/aromatic N) is 2. The van der Waals surface area contributed by atoms with Gasteiger partial charge < -0.3 is 13.6 Å². The second kappa shape index (κ2) is 16.3. The first kappa shape index (κ1) is 40.2. The van der Waals surface area contributed by atoms with E-state index >= 15 is 0 Å². The largest absolute Gasteiger partial charge is 0.469 e. The van der Waals surface area contributed by atoms with Crippen LogP contribution < -0.4 is 14.3 Å². The maximum atomic E-state index is 6.69. The molecule has 56 heavy (non-hydrogen) atoms. The third-order valence-electron chi connectivity index (χ3n) is 10.5. The summed E-state index contributed by atoms with van der Waals surface area (Å²) < 4.78 is 10.6. The molecule has 0 bridgehead atoms. The molecule has 0 amide bonds. The van der Waals surface area contributed by atoms with Crippen LogP contribution >= 0.6 is 0 Å². The number of benzene rings is 5. The van der Waals surface area contributed by atoms with Gasteiger partial charge in [0.2, 0.25) is 0 Å². The summed E-state index contributed by atoms with van der Waals surface area (Å²) in [4.78, 5) is 0. The summed E-state index contributed by atoms with van der Waals surface area (Å²) in [5, 5.41) is 3.61. The van der Waals surface area contributed by atoms with Gasteiger partial charge in [0.05, 0.1) is 37.4 Å². The molecule has 8 rings (SSSR count). The molecule has 5 heteroatoms. The standard InChI is InChI=1S/C34H28NO.C17H22NSi.Ir/c1-22(2)27-19-20-35(4)31(21-27)32-23(3)13-18-30-29-12-8-11-28(33(29)36-34(30)32)26-16-14-25(15-17-26)24-9-6-5-7-10-24;1-13-8-7-9-14(2)17(13)16-11-10-15(12-18(16)3)19(4,5)6;/h5-22H,3-4H2,1-2H3;7-12H,1,3H2,2,4-6H3;/q2*-1;. The minimum absolute atomic E-state index is 0. The summed E-state index contributed by atoms with van der Waals surface area (Å²) >= 11 is 0. The van der Waals surface area contributed by atoms with E-state index in [0.717, 1.165) is 61.1 Å². The smallest absolute Gasteiger partial charge is 0.141 e. The van der Waals surface area contributed by atoms with Gasteiger partial charge in [-0.05, 0) is 22.6 Å². The number of pyridine rings is 2. The van der Waals surface area contributed by atoms with Gasteiger partial charge in [0.25, 0.3) is 0 Å². The molecule has 0 fully saturated rings. The second-order valence-electron chi connectivity index (χ2n) is 15.8. The van der Waals surface area contributed by atoms with E-state index < -0.39 is 8.07 Å². The van der Waals surface area contributed by atoms with E-state index in [2.05, 4.69) is 190 Å². The molecule has 5 aromatic carbocycles. The summed E-state index contributed by atoms with van der Waals surface area (Å²) in [6.07, 6.45) is 4.19. The van der Waals surface area contributed by atoms with Crippen molar-refractivity contribution in [2.24, 2.45) is 0 Å². The fourth-order valence-electron chi connectivity index (χ4n) is 7.31. The van der Waals surface area contributed by atoms with E-state index in [4.69, 9.17) is 4.42 Å². The van der Waals surface area contributed by atoms with Gasteiger partial charge >= 0.3 is 0 Å². The first-order valence-corrected chi connectivity index (χ1v) is 22.4. The molecule has 0 aliphatic carbocycles. The Morgan fingerprint density at radius 1 is 0.589 bits per heavy atom. The monoisotopic (exact) mass is 927 g/mol. The van der Waals surface area contributed by atoms with Crippen LogP contribution in [0.25, 0.3) is 66.7 Å². The van der Waals surface area contributed by atoms with Crippen molar-refractivity contribution in [3.8, 4) is 44.8 Å². The van der Waals surface area contributed by atoms with Gasteiger partial charge in [0.1, 0.15) is 5.58 Å². The van der Waals surface area contributed by atoms with Crippen molar-refractivity contribution >= 4 is 35.2 Å². The zero-order valence-electron chi connectivity index (χ0n) is 33.3.